The molecule has 0 aliphatic rings. The molecule has 0 amide bonds. The van der Waals surface area contributed by atoms with Crippen molar-refractivity contribution in [1.82, 2.24) is 4.98 Å². The molecule has 0 radical (unpaired) electrons. The number of carboxylic acids is 1. The van der Waals surface area contributed by atoms with Crippen molar-refractivity contribution in [2.75, 3.05) is 0 Å². The second kappa shape index (κ2) is 5.31. The Kier molecular flexibility index (Phi) is 3.57. The van der Waals surface area contributed by atoms with Gasteiger partial charge in [-0.25, -0.2) is 4.79 Å². The topological polar surface area (TPSA) is 59.4 Å². The summed E-state index contributed by atoms with van der Waals surface area (Å²) in [7, 11) is 0. The Bertz CT molecular complexity index is 522. The molecule has 1 atom stereocenters. The number of hydrogen-bond acceptors (Lipinski definition) is 3. The van der Waals surface area contributed by atoms with Crippen molar-refractivity contribution in [1.29, 1.82) is 0 Å². The van der Waals surface area contributed by atoms with Crippen molar-refractivity contribution < 1.29 is 14.6 Å². The van der Waals surface area contributed by atoms with Gasteiger partial charge in [0.05, 0.1) is 11.3 Å². The number of aromatic carboxylic acids is 1. The molecule has 4 heteroatoms. The van der Waals surface area contributed by atoms with Crippen LogP contribution in [0.4, 0.5) is 0 Å². The Morgan fingerprint density at radius 1 is 1.22 bits per heavy atom. The van der Waals surface area contributed by atoms with Crippen LogP contribution in [0.15, 0.2) is 48.7 Å². The van der Waals surface area contributed by atoms with Crippen molar-refractivity contribution >= 4 is 5.97 Å². The minimum Gasteiger partial charge on any atom is -0.484 e. The maximum absolute atomic E-state index is 10.7. The highest BCUT2D eigenvalue weighted by Crippen LogP contribution is 2.20. The van der Waals surface area contributed by atoms with Crippen LogP contribution in [0, 0.1) is 0 Å². The lowest BCUT2D eigenvalue weighted by molar-refractivity contribution is 0.0697. The fourth-order valence-electron chi connectivity index (χ4n) is 1.56. The number of nitrogens with zero attached hydrogens (tertiary/aromatic N) is 1. The summed E-state index contributed by atoms with van der Waals surface area (Å²) in [5, 5.41) is 8.78. The van der Waals surface area contributed by atoms with Gasteiger partial charge in [-0.2, -0.15) is 0 Å². The molecule has 1 heterocycles. The average molecular weight is 243 g/mol. The van der Waals surface area contributed by atoms with Crippen molar-refractivity contribution in [2.45, 2.75) is 13.0 Å². The van der Waals surface area contributed by atoms with E-state index in [0.717, 1.165) is 5.69 Å². The lowest BCUT2D eigenvalue weighted by Gasteiger charge is -2.14. The fraction of sp³-hybridized carbons (Fsp3) is 0.143. The van der Waals surface area contributed by atoms with Gasteiger partial charge in [-0.15, -0.1) is 0 Å². The van der Waals surface area contributed by atoms with Crippen molar-refractivity contribution in [2.24, 2.45) is 0 Å². The molecule has 92 valence electrons. The van der Waals surface area contributed by atoms with E-state index in [1.165, 1.54) is 12.1 Å². The van der Waals surface area contributed by atoms with E-state index >= 15 is 0 Å². The average Bonchev–Trinajstić information content (AvgIpc) is 2.40. The maximum atomic E-state index is 10.7. The predicted molar refractivity (Wildman–Crippen MR) is 66.7 cm³/mol. The minimum atomic E-state index is -0.945. The van der Waals surface area contributed by atoms with Crippen molar-refractivity contribution in [3.63, 3.8) is 0 Å². The van der Waals surface area contributed by atoms with Crippen LogP contribution >= 0.6 is 0 Å². The summed E-state index contributed by atoms with van der Waals surface area (Å²) >= 11 is 0. The highest BCUT2D eigenvalue weighted by molar-refractivity contribution is 5.87. The minimum absolute atomic E-state index is 0.179. The Labute approximate surface area is 105 Å². The second-order valence-electron chi connectivity index (χ2n) is 3.84. The first kappa shape index (κ1) is 12.1. The van der Waals surface area contributed by atoms with Crippen LogP contribution in [-0.2, 0) is 0 Å². The molecule has 0 aliphatic heterocycles. The molecule has 1 unspecified atom stereocenters. The number of hydrogen-bond donors (Lipinski definition) is 1. The molecule has 1 aromatic carbocycles. The molecule has 4 nitrogen and oxygen atoms in total. The Hall–Kier alpha value is -2.36. The Morgan fingerprint density at radius 3 is 2.50 bits per heavy atom. The van der Waals surface area contributed by atoms with E-state index in [0.29, 0.717) is 5.75 Å². The smallest absolute Gasteiger partial charge is 0.335 e. The van der Waals surface area contributed by atoms with Gasteiger partial charge in [0, 0.05) is 6.20 Å². The third-order valence-electron chi connectivity index (χ3n) is 2.52. The van der Waals surface area contributed by atoms with E-state index in [-0.39, 0.29) is 11.7 Å². The molecular weight excluding hydrogens is 230 g/mol. The largest absolute Gasteiger partial charge is 0.484 e. The fourth-order valence-corrected chi connectivity index (χ4v) is 1.56. The SMILES string of the molecule is CC(Oc1ccc(C(=O)O)cc1)c1ccccn1. The highest BCUT2D eigenvalue weighted by Gasteiger charge is 2.08. The van der Waals surface area contributed by atoms with Crippen LogP contribution in [0.25, 0.3) is 0 Å². The van der Waals surface area contributed by atoms with E-state index in [9.17, 15) is 4.79 Å². The standard InChI is InChI=1S/C14H13NO3/c1-10(13-4-2-3-9-15-13)18-12-7-5-11(6-8-12)14(16)17/h2-10H,1H3,(H,16,17). The van der Waals surface area contributed by atoms with Gasteiger partial charge in [-0.05, 0) is 43.3 Å². The first-order chi connectivity index (χ1) is 8.66. The summed E-state index contributed by atoms with van der Waals surface area (Å²) in [5.41, 5.74) is 1.08. The summed E-state index contributed by atoms with van der Waals surface area (Å²) in [6, 6.07) is 11.9. The van der Waals surface area contributed by atoms with Gasteiger partial charge in [0.2, 0.25) is 0 Å². The predicted octanol–water partition coefficient (Wildman–Crippen LogP) is 2.92. The molecule has 0 spiro atoms. The Morgan fingerprint density at radius 2 is 1.94 bits per heavy atom. The molecule has 2 aromatic rings. The van der Waals surface area contributed by atoms with Gasteiger partial charge in [0.25, 0.3) is 0 Å². The molecular formula is C14H13NO3. The molecule has 1 N–H and O–H groups in total. The second-order valence-corrected chi connectivity index (χ2v) is 3.84. The van der Waals surface area contributed by atoms with Crippen molar-refractivity contribution in [3.8, 4) is 5.75 Å². The van der Waals surface area contributed by atoms with Gasteiger partial charge in [0.15, 0.2) is 0 Å². The summed E-state index contributed by atoms with van der Waals surface area (Å²) in [6.07, 6.45) is 1.53. The first-order valence-corrected chi connectivity index (χ1v) is 5.58. The van der Waals surface area contributed by atoms with Crippen LogP contribution in [0.1, 0.15) is 29.1 Å². The third kappa shape index (κ3) is 2.85. The number of carboxylic acid groups (broad SMARTS) is 1. The molecule has 0 saturated heterocycles. The zero-order chi connectivity index (χ0) is 13.0. The number of rotatable bonds is 4. The van der Waals surface area contributed by atoms with E-state index < -0.39 is 5.97 Å². The number of pyridine rings is 1. The van der Waals surface area contributed by atoms with Crippen LogP contribution in [0.2, 0.25) is 0 Å². The molecule has 0 aliphatic carbocycles. The van der Waals surface area contributed by atoms with Crippen LogP contribution in [-0.4, -0.2) is 16.1 Å². The summed E-state index contributed by atoms with van der Waals surface area (Å²) in [6.45, 7) is 1.90. The van der Waals surface area contributed by atoms with Crippen molar-refractivity contribution in [3.05, 3.63) is 59.9 Å². The van der Waals surface area contributed by atoms with Gasteiger partial charge < -0.3 is 9.84 Å². The van der Waals surface area contributed by atoms with Gasteiger partial charge in [-0.3, -0.25) is 4.98 Å². The number of aromatic nitrogens is 1. The van der Waals surface area contributed by atoms with E-state index in [1.54, 1.807) is 18.3 Å². The lowest BCUT2D eigenvalue weighted by atomic mass is 10.2. The van der Waals surface area contributed by atoms with E-state index in [1.807, 2.05) is 25.1 Å². The maximum Gasteiger partial charge on any atom is 0.335 e. The zero-order valence-electron chi connectivity index (χ0n) is 9.91. The molecule has 1 aromatic heterocycles. The number of ether oxygens (including phenoxy) is 1. The summed E-state index contributed by atoms with van der Waals surface area (Å²) in [5.74, 6) is -0.322. The van der Waals surface area contributed by atoms with Gasteiger partial charge in [0.1, 0.15) is 11.9 Å². The quantitative estimate of drug-likeness (QED) is 0.896. The highest BCUT2D eigenvalue weighted by atomic mass is 16.5. The molecule has 0 fully saturated rings. The summed E-state index contributed by atoms with van der Waals surface area (Å²) < 4.78 is 5.68. The van der Waals surface area contributed by atoms with Gasteiger partial charge in [-0.1, -0.05) is 6.07 Å². The first-order valence-electron chi connectivity index (χ1n) is 5.58. The zero-order valence-corrected chi connectivity index (χ0v) is 9.91. The van der Waals surface area contributed by atoms with Gasteiger partial charge >= 0.3 is 5.97 Å². The lowest BCUT2D eigenvalue weighted by Crippen LogP contribution is -2.05. The normalized spacial score (nSPS) is 11.8. The third-order valence-corrected chi connectivity index (χ3v) is 2.52. The van der Waals surface area contributed by atoms with Crippen LogP contribution in [0.5, 0.6) is 5.75 Å². The molecule has 18 heavy (non-hydrogen) atoms. The molecule has 0 bridgehead atoms. The number of carbonyl (C=O) groups is 1. The van der Waals surface area contributed by atoms with Crippen LogP contribution in [0.3, 0.4) is 0 Å². The molecule has 2 rings (SSSR count). The van der Waals surface area contributed by atoms with E-state index in [4.69, 9.17) is 9.84 Å². The Balaban J connectivity index is 2.08. The van der Waals surface area contributed by atoms with Crippen LogP contribution < -0.4 is 4.74 Å². The van der Waals surface area contributed by atoms with E-state index in [2.05, 4.69) is 4.98 Å². The summed E-state index contributed by atoms with van der Waals surface area (Å²) in [4.78, 5) is 14.9. The molecule has 0 saturated carbocycles. The monoisotopic (exact) mass is 243 g/mol. The number of benzene rings is 1.